The monoisotopic (exact) mass is 426 g/mol. The fourth-order valence-corrected chi connectivity index (χ4v) is 3.75. The van der Waals surface area contributed by atoms with E-state index in [0.29, 0.717) is 41.4 Å². The highest BCUT2D eigenvalue weighted by Crippen LogP contribution is 2.29. The van der Waals surface area contributed by atoms with E-state index in [9.17, 15) is 4.79 Å². The molecule has 0 spiro atoms. The second-order valence-corrected chi connectivity index (χ2v) is 7.79. The van der Waals surface area contributed by atoms with Crippen LogP contribution in [0.1, 0.15) is 30.3 Å². The predicted molar refractivity (Wildman–Crippen MR) is 122 cm³/mol. The summed E-state index contributed by atoms with van der Waals surface area (Å²) < 4.78 is 16.6. The number of ether oxygens (including phenoxy) is 3. The number of aromatic nitrogens is 2. The van der Waals surface area contributed by atoms with Crippen LogP contribution in [-0.2, 0) is 6.54 Å². The highest BCUT2D eigenvalue weighted by molar-refractivity contribution is 5.81. The third-order valence-electron chi connectivity index (χ3n) is 5.32. The van der Waals surface area contributed by atoms with Gasteiger partial charge in [0.25, 0.3) is 5.56 Å². The summed E-state index contributed by atoms with van der Waals surface area (Å²) in [6, 6.07) is 9.67. The van der Waals surface area contributed by atoms with Crippen molar-refractivity contribution in [2.45, 2.75) is 33.7 Å². The quantitative estimate of drug-likeness (QED) is 0.487. The number of methoxy groups -OCH3 is 2. The van der Waals surface area contributed by atoms with E-state index in [1.165, 1.54) is 16.0 Å². The number of aryl methyl sites for hydroxylation is 2. The van der Waals surface area contributed by atoms with Gasteiger partial charge in [-0.25, -0.2) is 4.98 Å². The molecule has 31 heavy (non-hydrogen) atoms. The van der Waals surface area contributed by atoms with Gasteiger partial charge in [0.05, 0.1) is 44.8 Å². The van der Waals surface area contributed by atoms with Gasteiger partial charge in [-0.1, -0.05) is 6.07 Å². The van der Waals surface area contributed by atoms with Gasteiger partial charge in [0, 0.05) is 12.5 Å². The van der Waals surface area contributed by atoms with Crippen LogP contribution >= 0.6 is 0 Å². The Labute approximate surface area is 183 Å². The van der Waals surface area contributed by atoms with Crippen LogP contribution in [0.5, 0.6) is 17.2 Å². The number of quaternary nitrogens is 1. The van der Waals surface area contributed by atoms with Gasteiger partial charge in [-0.05, 0) is 50.1 Å². The molecule has 0 saturated carbocycles. The lowest BCUT2D eigenvalue weighted by molar-refractivity contribution is -0.912. The zero-order valence-electron chi connectivity index (χ0n) is 19.0. The third-order valence-corrected chi connectivity index (χ3v) is 5.32. The number of H-pyrrole nitrogens is 1. The van der Waals surface area contributed by atoms with Crippen molar-refractivity contribution in [2.75, 3.05) is 33.9 Å². The average Bonchev–Trinajstić information content (AvgIpc) is 2.74. The van der Waals surface area contributed by atoms with Crippen molar-refractivity contribution >= 4 is 10.9 Å². The van der Waals surface area contributed by atoms with Gasteiger partial charge in [-0.2, -0.15) is 0 Å². The molecule has 1 atom stereocenters. The standard InChI is InChI=1S/C24H31N3O4/c1-6-27(8-7-9-31-18-11-16(2)10-17(3)12-18)15-23-25-20-14-22(30-5)21(29-4)13-19(20)24(28)26-23/h10-14H,6-9,15H2,1-5H3,(H,25,26,28)/p+1. The van der Waals surface area contributed by atoms with E-state index in [1.807, 2.05) is 0 Å². The summed E-state index contributed by atoms with van der Waals surface area (Å²) in [7, 11) is 3.12. The van der Waals surface area contributed by atoms with Crippen LogP contribution in [0.3, 0.4) is 0 Å². The van der Waals surface area contributed by atoms with Crippen LogP contribution in [0, 0.1) is 13.8 Å². The molecular weight excluding hydrogens is 394 g/mol. The number of fused-ring (bicyclic) bond motifs is 1. The number of hydrogen-bond acceptors (Lipinski definition) is 5. The molecule has 0 fully saturated rings. The highest BCUT2D eigenvalue weighted by Gasteiger charge is 2.14. The molecule has 3 rings (SSSR count). The topological polar surface area (TPSA) is 77.9 Å². The molecule has 0 aliphatic carbocycles. The minimum atomic E-state index is -0.172. The van der Waals surface area contributed by atoms with E-state index in [0.717, 1.165) is 25.3 Å². The summed E-state index contributed by atoms with van der Waals surface area (Å²) in [4.78, 5) is 21.5. The molecule has 7 heteroatoms. The van der Waals surface area contributed by atoms with Crippen molar-refractivity contribution in [3.63, 3.8) is 0 Å². The van der Waals surface area contributed by atoms with Crippen molar-refractivity contribution in [1.82, 2.24) is 9.97 Å². The third kappa shape index (κ3) is 5.76. The van der Waals surface area contributed by atoms with Crippen LogP contribution in [0.15, 0.2) is 35.1 Å². The van der Waals surface area contributed by atoms with Crippen LogP contribution < -0.4 is 24.7 Å². The molecule has 2 N–H and O–H groups in total. The van der Waals surface area contributed by atoms with Crippen LogP contribution in [0.2, 0.25) is 0 Å². The lowest BCUT2D eigenvalue weighted by atomic mass is 10.1. The van der Waals surface area contributed by atoms with Gasteiger partial charge in [0.2, 0.25) is 0 Å². The molecule has 1 aromatic heterocycles. The molecule has 0 bridgehead atoms. The van der Waals surface area contributed by atoms with Crippen molar-refractivity contribution in [3.05, 3.63) is 57.6 Å². The summed E-state index contributed by atoms with van der Waals surface area (Å²) >= 11 is 0. The van der Waals surface area contributed by atoms with E-state index in [1.54, 1.807) is 26.4 Å². The second kappa shape index (κ2) is 10.3. The molecule has 0 aliphatic rings. The van der Waals surface area contributed by atoms with Gasteiger partial charge in [-0.3, -0.25) is 4.79 Å². The second-order valence-electron chi connectivity index (χ2n) is 7.79. The van der Waals surface area contributed by atoms with E-state index < -0.39 is 0 Å². The predicted octanol–water partition coefficient (Wildman–Crippen LogP) is 2.43. The van der Waals surface area contributed by atoms with E-state index in [4.69, 9.17) is 14.2 Å². The lowest BCUT2D eigenvalue weighted by Crippen LogP contribution is -3.10. The Hall–Kier alpha value is -3.06. The number of nitrogens with zero attached hydrogens (tertiary/aromatic N) is 1. The summed E-state index contributed by atoms with van der Waals surface area (Å²) in [5.74, 6) is 2.65. The Balaban J connectivity index is 1.64. The lowest BCUT2D eigenvalue weighted by Gasteiger charge is -2.17. The first-order valence-corrected chi connectivity index (χ1v) is 10.6. The van der Waals surface area contributed by atoms with E-state index in [-0.39, 0.29) is 5.56 Å². The Kier molecular flexibility index (Phi) is 7.52. The molecule has 0 amide bonds. The van der Waals surface area contributed by atoms with Crippen LogP contribution in [0.25, 0.3) is 10.9 Å². The van der Waals surface area contributed by atoms with E-state index >= 15 is 0 Å². The first kappa shape index (κ1) is 22.6. The number of rotatable bonds is 10. The Morgan fingerprint density at radius 3 is 2.32 bits per heavy atom. The van der Waals surface area contributed by atoms with Crippen molar-refractivity contribution < 1.29 is 19.1 Å². The Morgan fingerprint density at radius 1 is 1.00 bits per heavy atom. The molecule has 7 nitrogen and oxygen atoms in total. The van der Waals surface area contributed by atoms with Crippen molar-refractivity contribution in [3.8, 4) is 17.2 Å². The average molecular weight is 427 g/mol. The normalized spacial score (nSPS) is 12.0. The Bertz CT molecular complexity index is 1070. The van der Waals surface area contributed by atoms with Crippen LogP contribution in [-0.4, -0.2) is 43.9 Å². The molecule has 0 aliphatic heterocycles. The van der Waals surface area contributed by atoms with Gasteiger partial charge in [-0.15, -0.1) is 0 Å². The zero-order valence-corrected chi connectivity index (χ0v) is 19.0. The summed E-state index contributed by atoms with van der Waals surface area (Å²) in [5.41, 5.74) is 2.84. The maximum absolute atomic E-state index is 12.6. The minimum Gasteiger partial charge on any atom is -0.493 e. The number of hydrogen-bond donors (Lipinski definition) is 2. The molecule has 1 heterocycles. The van der Waals surface area contributed by atoms with E-state index in [2.05, 4.69) is 48.9 Å². The van der Waals surface area contributed by atoms with Gasteiger partial charge < -0.3 is 24.1 Å². The molecule has 166 valence electrons. The van der Waals surface area contributed by atoms with Gasteiger partial charge >= 0.3 is 0 Å². The zero-order chi connectivity index (χ0) is 22.4. The molecule has 2 aromatic carbocycles. The number of benzene rings is 2. The fourth-order valence-electron chi connectivity index (χ4n) is 3.75. The molecule has 0 saturated heterocycles. The van der Waals surface area contributed by atoms with Gasteiger partial charge in [0.1, 0.15) is 12.3 Å². The molecule has 3 aromatic rings. The Morgan fingerprint density at radius 2 is 1.68 bits per heavy atom. The summed E-state index contributed by atoms with van der Waals surface area (Å²) in [5, 5.41) is 0.487. The molecular formula is C24H32N3O4+. The SMILES string of the molecule is CC[NH+](CCCOc1cc(C)cc(C)c1)Cc1nc2cc(OC)c(OC)cc2c(=O)[nH]1. The maximum atomic E-state index is 12.6. The van der Waals surface area contributed by atoms with Gasteiger partial charge in [0.15, 0.2) is 17.3 Å². The maximum Gasteiger partial charge on any atom is 0.259 e. The van der Waals surface area contributed by atoms with Crippen LogP contribution in [0.4, 0.5) is 0 Å². The number of nitrogens with one attached hydrogen (secondary N) is 2. The molecule has 1 unspecified atom stereocenters. The molecule has 0 radical (unpaired) electrons. The summed E-state index contributed by atoms with van der Waals surface area (Å²) in [6.07, 6.45) is 0.916. The summed E-state index contributed by atoms with van der Waals surface area (Å²) in [6.45, 7) is 9.43. The first-order chi connectivity index (χ1) is 14.9. The smallest absolute Gasteiger partial charge is 0.259 e. The van der Waals surface area contributed by atoms with Crippen molar-refractivity contribution in [2.24, 2.45) is 0 Å². The largest absolute Gasteiger partial charge is 0.493 e. The minimum absolute atomic E-state index is 0.172. The fraction of sp³-hybridized carbons (Fsp3) is 0.417. The highest BCUT2D eigenvalue weighted by atomic mass is 16.5. The number of aromatic amines is 1. The first-order valence-electron chi connectivity index (χ1n) is 10.6. The van der Waals surface area contributed by atoms with Crippen molar-refractivity contribution in [1.29, 1.82) is 0 Å².